The maximum Gasteiger partial charge on any atom is 0.243 e. The molecule has 1 aromatic carbocycles. The van der Waals surface area contributed by atoms with Gasteiger partial charge in [-0.15, -0.1) is 11.3 Å². The molecule has 1 amide bonds. The summed E-state index contributed by atoms with van der Waals surface area (Å²) in [4.78, 5) is 21.8. The first kappa shape index (κ1) is 22.3. The third-order valence-electron chi connectivity index (χ3n) is 5.15. The van der Waals surface area contributed by atoms with Crippen LogP contribution in [0.25, 0.3) is 0 Å². The number of likely N-dealkylation sites (tertiary alicyclic amines) is 1. The maximum absolute atomic E-state index is 12.0. The Kier molecular flexibility index (Phi) is 8.71. The second kappa shape index (κ2) is 11.7. The number of hydrogen-bond donors (Lipinski definition) is 1. The lowest BCUT2D eigenvalue weighted by Crippen LogP contribution is -2.42. The molecule has 0 aliphatic carbocycles. The molecule has 30 heavy (non-hydrogen) atoms. The van der Waals surface area contributed by atoms with Crippen LogP contribution >= 0.6 is 11.3 Å². The smallest absolute Gasteiger partial charge is 0.243 e. The highest BCUT2D eigenvalue weighted by molar-refractivity contribution is 7.09. The van der Waals surface area contributed by atoms with Crippen molar-refractivity contribution in [3.05, 3.63) is 58.3 Å². The Balaban J connectivity index is 1.50. The first-order valence-corrected chi connectivity index (χ1v) is 11.4. The molecule has 2 heterocycles. The van der Waals surface area contributed by atoms with Gasteiger partial charge in [-0.25, -0.2) is 4.99 Å². The highest BCUT2D eigenvalue weighted by Crippen LogP contribution is 2.17. The molecule has 0 saturated carbocycles. The SMILES string of the molecule is CN(C)C(=O)CN=C(NCCc1cccs1)N1CCC(COCc2ccccc2)C1. The number of rotatable bonds is 9. The molecule has 0 spiro atoms. The molecule has 1 aliphatic rings. The number of guanidine groups is 1. The van der Waals surface area contributed by atoms with Gasteiger partial charge in [-0.3, -0.25) is 4.79 Å². The number of carbonyl (C=O) groups excluding carboxylic acids is 1. The number of nitrogens with zero attached hydrogens (tertiary/aromatic N) is 3. The summed E-state index contributed by atoms with van der Waals surface area (Å²) in [5.41, 5.74) is 1.20. The van der Waals surface area contributed by atoms with Crippen LogP contribution in [0.15, 0.2) is 52.8 Å². The molecule has 6 nitrogen and oxygen atoms in total. The van der Waals surface area contributed by atoms with E-state index < -0.39 is 0 Å². The Morgan fingerprint density at radius 2 is 2.10 bits per heavy atom. The summed E-state index contributed by atoms with van der Waals surface area (Å²) in [5.74, 6) is 1.31. The summed E-state index contributed by atoms with van der Waals surface area (Å²) in [6.07, 6.45) is 2.03. The third kappa shape index (κ3) is 7.15. The van der Waals surface area contributed by atoms with Gasteiger partial charge in [-0.2, -0.15) is 0 Å². The Morgan fingerprint density at radius 3 is 2.83 bits per heavy atom. The van der Waals surface area contributed by atoms with Crippen LogP contribution in [0.5, 0.6) is 0 Å². The van der Waals surface area contributed by atoms with Gasteiger partial charge in [0.1, 0.15) is 6.54 Å². The van der Waals surface area contributed by atoms with E-state index in [1.807, 2.05) is 18.2 Å². The van der Waals surface area contributed by atoms with Crippen LogP contribution in [0, 0.1) is 5.92 Å². The molecule has 0 radical (unpaired) electrons. The highest BCUT2D eigenvalue weighted by atomic mass is 32.1. The molecule has 2 aromatic rings. The van der Waals surface area contributed by atoms with Crippen molar-refractivity contribution >= 4 is 23.2 Å². The normalized spacial score (nSPS) is 16.7. The zero-order chi connectivity index (χ0) is 21.2. The molecule has 1 saturated heterocycles. The fourth-order valence-corrected chi connectivity index (χ4v) is 4.09. The van der Waals surface area contributed by atoms with E-state index in [-0.39, 0.29) is 12.5 Å². The molecular formula is C23H32N4O2S. The molecule has 1 aromatic heterocycles. The molecule has 1 unspecified atom stereocenters. The highest BCUT2D eigenvalue weighted by Gasteiger charge is 2.25. The third-order valence-corrected chi connectivity index (χ3v) is 6.08. The van der Waals surface area contributed by atoms with Crippen molar-refractivity contribution in [2.24, 2.45) is 10.9 Å². The van der Waals surface area contributed by atoms with E-state index in [4.69, 9.17) is 4.74 Å². The lowest BCUT2D eigenvalue weighted by molar-refractivity contribution is -0.127. The molecule has 1 N–H and O–H groups in total. The van der Waals surface area contributed by atoms with Crippen LogP contribution in [0.2, 0.25) is 0 Å². The standard InChI is InChI=1S/C23H32N4O2S/c1-26(2)22(28)15-25-23(24-12-10-21-9-6-14-30-21)27-13-11-20(16-27)18-29-17-19-7-4-3-5-8-19/h3-9,14,20H,10-13,15-18H2,1-2H3,(H,24,25). The second-order valence-electron chi connectivity index (χ2n) is 7.79. The Bertz CT molecular complexity index is 793. The molecule has 3 rings (SSSR count). The molecule has 1 atom stereocenters. The van der Waals surface area contributed by atoms with Crippen molar-refractivity contribution in [1.82, 2.24) is 15.1 Å². The Labute approximate surface area is 183 Å². The lowest BCUT2D eigenvalue weighted by Gasteiger charge is -2.22. The van der Waals surface area contributed by atoms with Crippen LogP contribution in [0.3, 0.4) is 0 Å². The monoisotopic (exact) mass is 428 g/mol. The van der Waals surface area contributed by atoms with E-state index in [9.17, 15) is 4.79 Å². The van der Waals surface area contributed by atoms with Crippen molar-refractivity contribution in [3.8, 4) is 0 Å². The molecule has 162 valence electrons. The van der Waals surface area contributed by atoms with Gasteiger partial charge in [0.15, 0.2) is 5.96 Å². The van der Waals surface area contributed by atoms with Crippen LogP contribution in [-0.2, 0) is 22.6 Å². The van der Waals surface area contributed by atoms with Crippen LogP contribution in [0.1, 0.15) is 16.9 Å². The number of thiophene rings is 1. The van der Waals surface area contributed by atoms with Gasteiger partial charge in [0, 0.05) is 44.5 Å². The van der Waals surface area contributed by atoms with Gasteiger partial charge in [-0.05, 0) is 29.9 Å². The molecule has 1 fully saturated rings. The van der Waals surface area contributed by atoms with E-state index in [1.165, 1.54) is 10.4 Å². The average molecular weight is 429 g/mol. The summed E-state index contributed by atoms with van der Waals surface area (Å²) < 4.78 is 5.95. The number of carbonyl (C=O) groups is 1. The van der Waals surface area contributed by atoms with Crippen molar-refractivity contribution in [2.45, 2.75) is 19.4 Å². The number of nitrogens with one attached hydrogen (secondary N) is 1. The van der Waals surface area contributed by atoms with E-state index in [1.54, 1.807) is 30.3 Å². The van der Waals surface area contributed by atoms with Gasteiger partial charge in [0.05, 0.1) is 13.2 Å². The number of likely N-dealkylation sites (N-methyl/N-ethyl adjacent to an activating group) is 1. The predicted octanol–water partition coefficient (Wildman–Crippen LogP) is 2.86. The van der Waals surface area contributed by atoms with Gasteiger partial charge in [-0.1, -0.05) is 36.4 Å². The zero-order valence-electron chi connectivity index (χ0n) is 17.9. The minimum Gasteiger partial charge on any atom is -0.376 e. The number of amides is 1. The van der Waals surface area contributed by atoms with Gasteiger partial charge >= 0.3 is 0 Å². The molecular weight excluding hydrogens is 396 g/mol. The van der Waals surface area contributed by atoms with Crippen molar-refractivity contribution < 1.29 is 9.53 Å². The number of ether oxygens (including phenoxy) is 1. The van der Waals surface area contributed by atoms with E-state index in [0.717, 1.165) is 45.0 Å². The first-order chi connectivity index (χ1) is 14.6. The number of hydrogen-bond acceptors (Lipinski definition) is 4. The fourth-order valence-electron chi connectivity index (χ4n) is 3.38. The molecule has 1 aliphatic heterocycles. The number of aliphatic imine (C=N–C) groups is 1. The minimum absolute atomic E-state index is 0.00879. The quantitative estimate of drug-likeness (QED) is 0.493. The van der Waals surface area contributed by atoms with E-state index in [2.05, 4.69) is 44.9 Å². The summed E-state index contributed by atoms with van der Waals surface area (Å²) >= 11 is 1.77. The van der Waals surface area contributed by atoms with Gasteiger partial charge in [0.25, 0.3) is 0 Å². The van der Waals surface area contributed by atoms with Crippen molar-refractivity contribution in [3.63, 3.8) is 0 Å². The first-order valence-electron chi connectivity index (χ1n) is 10.5. The summed E-state index contributed by atoms with van der Waals surface area (Å²) in [6.45, 7) is 4.19. The van der Waals surface area contributed by atoms with E-state index in [0.29, 0.717) is 12.5 Å². The summed E-state index contributed by atoms with van der Waals surface area (Å²) in [5, 5.41) is 5.57. The fraction of sp³-hybridized carbons (Fsp3) is 0.478. The van der Waals surface area contributed by atoms with Gasteiger partial charge < -0.3 is 19.9 Å². The topological polar surface area (TPSA) is 57.2 Å². The second-order valence-corrected chi connectivity index (χ2v) is 8.82. The largest absolute Gasteiger partial charge is 0.376 e. The Morgan fingerprint density at radius 1 is 1.27 bits per heavy atom. The van der Waals surface area contributed by atoms with E-state index >= 15 is 0 Å². The number of benzene rings is 1. The van der Waals surface area contributed by atoms with Crippen LogP contribution in [-0.4, -0.2) is 68.5 Å². The minimum atomic E-state index is 0.00879. The van der Waals surface area contributed by atoms with Crippen molar-refractivity contribution in [1.29, 1.82) is 0 Å². The van der Waals surface area contributed by atoms with Crippen LogP contribution < -0.4 is 5.32 Å². The van der Waals surface area contributed by atoms with Gasteiger partial charge in [0.2, 0.25) is 5.91 Å². The Hall–Kier alpha value is -2.38. The van der Waals surface area contributed by atoms with Crippen LogP contribution in [0.4, 0.5) is 0 Å². The van der Waals surface area contributed by atoms with Crippen molar-refractivity contribution in [2.75, 3.05) is 46.9 Å². The summed E-state index contributed by atoms with van der Waals surface area (Å²) in [7, 11) is 3.52. The average Bonchev–Trinajstić information content (AvgIpc) is 3.43. The lowest BCUT2D eigenvalue weighted by atomic mass is 10.1. The predicted molar refractivity (Wildman–Crippen MR) is 123 cm³/mol. The molecule has 0 bridgehead atoms. The summed E-state index contributed by atoms with van der Waals surface area (Å²) in [6, 6.07) is 14.5. The zero-order valence-corrected chi connectivity index (χ0v) is 18.7. The molecule has 7 heteroatoms. The maximum atomic E-state index is 12.0.